The first-order chi connectivity index (χ1) is 19.2. The van der Waals surface area contributed by atoms with E-state index in [2.05, 4.69) is 15.4 Å². The minimum atomic E-state index is -4.46. The van der Waals surface area contributed by atoms with Gasteiger partial charge >= 0.3 is 12.3 Å². The Hall–Kier alpha value is -4.22. The van der Waals surface area contributed by atoms with Crippen LogP contribution in [0.1, 0.15) is 52.5 Å². The number of nitrogens with zero attached hydrogens (tertiary/aromatic N) is 4. The molecule has 0 radical (unpaired) electrons. The number of hydrogen-bond acceptors (Lipinski definition) is 5. The Morgan fingerprint density at radius 3 is 2.27 bits per heavy atom. The molecule has 0 spiro atoms. The molecular weight excluding hydrogens is 539 g/mol. The predicted molar refractivity (Wildman–Crippen MR) is 147 cm³/mol. The maximum atomic E-state index is 13.4. The monoisotopic (exact) mass is 573 g/mol. The Morgan fingerprint density at radius 2 is 1.73 bits per heavy atom. The lowest BCUT2D eigenvalue weighted by molar-refractivity contribution is -0.139. The standard InChI is InChI=1S/C29H34F3N5O4/c1-5-6-9-22(25(38)26(39)34-24-10-7-8-16-33-24)37(27(40)41)23(28(2,3)4)18-36-17-15-21(35-36)19-11-13-20(14-12-19)29(30,31)32/h7-8,10-17,22-23H,5-6,9,18H2,1-4H3,(H,40,41)(H,33,34,39)/t22-,23+/m0/s1. The topological polar surface area (TPSA) is 117 Å². The highest BCUT2D eigenvalue weighted by Gasteiger charge is 2.42. The molecule has 41 heavy (non-hydrogen) atoms. The van der Waals surface area contributed by atoms with Gasteiger partial charge < -0.3 is 10.4 Å². The summed E-state index contributed by atoms with van der Waals surface area (Å²) in [6, 6.07) is 8.96. The molecular formula is C29H34F3N5O4. The number of ketones is 1. The minimum absolute atomic E-state index is 0.0359. The molecule has 0 aliphatic rings. The van der Waals surface area contributed by atoms with Crippen LogP contribution in [0.4, 0.5) is 23.8 Å². The van der Waals surface area contributed by atoms with Crippen molar-refractivity contribution in [3.63, 3.8) is 0 Å². The third kappa shape index (κ3) is 8.15. The van der Waals surface area contributed by atoms with E-state index in [-0.39, 0.29) is 18.8 Å². The lowest BCUT2D eigenvalue weighted by Gasteiger charge is -2.42. The number of carbonyl (C=O) groups is 3. The summed E-state index contributed by atoms with van der Waals surface area (Å²) < 4.78 is 40.4. The number of alkyl halides is 3. The average molecular weight is 574 g/mol. The van der Waals surface area contributed by atoms with Crippen molar-refractivity contribution in [1.82, 2.24) is 19.7 Å². The van der Waals surface area contributed by atoms with Gasteiger partial charge in [0.05, 0.1) is 23.8 Å². The smallest absolute Gasteiger partial charge is 0.416 e. The van der Waals surface area contributed by atoms with Crippen LogP contribution in [-0.4, -0.2) is 54.6 Å². The first kappa shape index (κ1) is 31.3. The summed E-state index contributed by atoms with van der Waals surface area (Å²) in [7, 11) is 0. The third-order valence-electron chi connectivity index (χ3n) is 6.66. The Kier molecular flexibility index (Phi) is 9.90. The number of carbonyl (C=O) groups excluding carboxylic acids is 2. The summed E-state index contributed by atoms with van der Waals surface area (Å²) >= 11 is 0. The minimum Gasteiger partial charge on any atom is -0.465 e. The number of nitrogens with one attached hydrogen (secondary N) is 1. The molecule has 0 unspecified atom stereocenters. The van der Waals surface area contributed by atoms with Gasteiger partial charge in [-0.25, -0.2) is 9.78 Å². The van der Waals surface area contributed by atoms with Crippen molar-refractivity contribution in [2.45, 2.75) is 71.8 Å². The van der Waals surface area contributed by atoms with Gasteiger partial charge in [0.15, 0.2) is 0 Å². The number of halogens is 3. The SMILES string of the molecule is CCCC[C@@H](C(=O)C(=O)Nc1ccccn1)N(C(=O)O)[C@H](Cn1ccc(-c2ccc(C(F)(F)F)cc2)n1)C(C)(C)C. The summed E-state index contributed by atoms with van der Waals surface area (Å²) in [6.07, 6.45) is -1.44. The fourth-order valence-corrected chi connectivity index (χ4v) is 4.45. The van der Waals surface area contributed by atoms with Crippen LogP contribution in [0.3, 0.4) is 0 Å². The van der Waals surface area contributed by atoms with Crippen LogP contribution in [0.25, 0.3) is 11.3 Å². The Labute approximate surface area is 236 Å². The fraction of sp³-hybridized carbons (Fsp3) is 0.414. The van der Waals surface area contributed by atoms with Crippen LogP contribution in [0.5, 0.6) is 0 Å². The van der Waals surface area contributed by atoms with Crippen molar-refractivity contribution >= 4 is 23.6 Å². The zero-order valence-corrected chi connectivity index (χ0v) is 23.4. The van der Waals surface area contributed by atoms with Crippen LogP contribution < -0.4 is 5.32 Å². The van der Waals surface area contributed by atoms with Gasteiger partial charge in [0, 0.05) is 18.0 Å². The summed E-state index contributed by atoms with van der Waals surface area (Å²) in [6.45, 7) is 7.40. The van der Waals surface area contributed by atoms with Gasteiger partial charge in [-0.1, -0.05) is 58.7 Å². The van der Waals surface area contributed by atoms with Crippen LogP contribution >= 0.6 is 0 Å². The summed E-state index contributed by atoms with van der Waals surface area (Å²) in [5, 5.41) is 17.3. The summed E-state index contributed by atoms with van der Waals surface area (Å²) in [5.41, 5.74) is -0.607. The highest BCUT2D eigenvalue weighted by molar-refractivity contribution is 6.42. The quantitative estimate of drug-likeness (QED) is 0.267. The van der Waals surface area contributed by atoms with E-state index < -0.39 is 47.0 Å². The van der Waals surface area contributed by atoms with Crippen molar-refractivity contribution in [3.8, 4) is 11.3 Å². The zero-order valence-electron chi connectivity index (χ0n) is 23.4. The number of hydrogen-bond donors (Lipinski definition) is 2. The van der Waals surface area contributed by atoms with Crippen molar-refractivity contribution in [3.05, 3.63) is 66.5 Å². The summed E-state index contributed by atoms with van der Waals surface area (Å²) in [4.78, 5) is 44.1. The molecule has 2 atom stereocenters. The molecule has 0 saturated heterocycles. The van der Waals surface area contributed by atoms with E-state index in [1.807, 2.05) is 27.7 Å². The van der Waals surface area contributed by atoms with Crippen molar-refractivity contribution in [2.24, 2.45) is 5.41 Å². The van der Waals surface area contributed by atoms with Gasteiger partial charge in [-0.05, 0) is 42.2 Å². The molecule has 2 N–H and O–H groups in total. The summed E-state index contributed by atoms with van der Waals surface area (Å²) in [5.74, 6) is -1.69. The number of aromatic nitrogens is 3. The average Bonchev–Trinajstić information content (AvgIpc) is 3.38. The number of rotatable bonds is 11. The maximum Gasteiger partial charge on any atom is 0.416 e. The van der Waals surface area contributed by atoms with Gasteiger partial charge in [0.2, 0.25) is 5.78 Å². The first-order valence-electron chi connectivity index (χ1n) is 13.2. The normalized spacial score (nSPS) is 13.3. The highest BCUT2D eigenvalue weighted by Crippen LogP contribution is 2.32. The van der Waals surface area contributed by atoms with Crippen LogP contribution in [0, 0.1) is 5.41 Å². The zero-order chi connectivity index (χ0) is 30.4. The van der Waals surface area contributed by atoms with E-state index in [0.717, 1.165) is 17.0 Å². The molecule has 220 valence electrons. The number of carboxylic acid groups (broad SMARTS) is 1. The molecule has 12 heteroatoms. The van der Waals surface area contributed by atoms with Crippen molar-refractivity contribution < 1.29 is 32.7 Å². The highest BCUT2D eigenvalue weighted by atomic mass is 19.4. The first-order valence-corrected chi connectivity index (χ1v) is 13.2. The van der Waals surface area contributed by atoms with E-state index in [0.29, 0.717) is 24.1 Å². The van der Waals surface area contributed by atoms with Crippen LogP contribution in [-0.2, 0) is 22.3 Å². The van der Waals surface area contributed by atoms with Gasteiger partial charge in [-0.15, -0.1) is 0 Å². The number of anilines is 1. The Balaban J connectivity index is 1.91. The lowest BCUT2D eigenvalue weighted by atomic mass is 9.84. The lowest BCUT2D eigenvalue weighted by Crippen LogP contribution is -2.57. The number of pyridine rings is 1. The Bertz CT molecular complexity index is 1330. The molecule has 2 heterocycles. The van der Waals surface area contributed by atoms with E-state index in [1.54, 1.807) is 24.4 Å². The third-order valence-corrected chi connectivity index (χ3v) is 6.66. The van der Waals surface area contributed by atoms with Crippen LogP contribution in [0.15, 0.2) is 60.9 Å². The molecule has 0 aliphatic heterocycles. The van der Waals surface area contributed by atoms with E-state index in [4.69, 9.17) is 0 Å². The van der Waals surface area contributed by atoms with Crippen molar-refractivity contribution in [2.75, 3.05) is 5.32 Å². The molecule has 3 aromatic rings. The molecule has 3 rings (SSSR count). The Morgan fingerprint density at radius 1 is 1.05 bits per heavy atom. The van der Waals surface area contributed by atoms with E-state index in [1.165, 1.54) is 29.1 Å². The van der Waals surface area contributed by atoms with Gasteiger partial charge in [0.1, 0.15) is 11.9 Å². The fourth-order valence-electron chi connectivity index (χ4n) is 4.45. The molecule has 2 aromatic heterocycles. The molecule has 2 amide bonds. The molecule has 1 aromatic carbocycles. The second-order valence-electron chi connectivity index (χ2n) is 10.8. The van der Waals surface area contributed by atoms with E-state index >= 15 is 0 Å². The number of Topliss-reactive ketones (excluding diaryl/α,β-unsaturated/α-hetero) is 1. The van der Waals surface area contributed by atoms with Crippen LogP contribution in [0.2, 0.25) is 0 Å². The largest absolute Gasteiger partial charge is 0.465 e. The molecule has 0 fully saturated rings. The number of amides is 2. The maximum absolute atomic E-state index is 13.4. The number of benzene rings is 1. The van der Waals surface area contributed by atoms with Crippen molar-refractivity contribution in [1.29, 1.82) is 0 Å². The molecule has 0 bridgehead atoms. The number of unbranched alkanes of at least 4 members (excludes halogenated alkanes) is 1. The predicted octanol–water partition coefficient (Wildman–Crippen LogP) is 6.13. The van der Waals surface area contributed by atoms with Gasteiger partial charge in [0.25, 0.3) is 5.91 Å². The molecule has 9 nitrogen and oxygen atoms in total. The van der Waals surface area contributed by atoms with Gasteiger partial charge in [-0.3, -0.25) is 19.2 Å². The second-order valence-corrected chi connectivity index (χ2v) is 10.8. The van der Waals surface area contributed by atoms with Gasteiger partial charge in [-0.2, -0.15) is 18.3 Å². The second kappa shape index (κ2) is 13.0. The molecule has 0 aliphatic carbocycles. The van der Waals surface area contributed by atoms with E-state index in [9.17, 15) is 32.7 Å². The molecule has 0 saturated carbocycles.